The van der Waals surface area contributed by atoms with Gasteiger partial charge in [-0.2, -0.15) is 0 Å². The number of anilines is 1. The van der Waals surface area contributed by atoms with Gasteiger partial charge in [0.15, 0.2) is 9.84 Å². The van der Waals surface area contributed by atoms with Crippen molar-refractivity contribution in [1.29, 1.82) is 0 Å². The summed E-state index contributed by atoms with van der Waals surface area (Å²) >= 11 is 0. The predicted octanol–water partition coefficient (Wildman–Crippen LogP) is 2.87. The van der Waals surface area contributed by atoms with Crippen LogP contribution in [-0.2, 0) is 9.84 Å². The van der Waals surface area contributed by atoms with E-state index in [0.29, 0.717) is 11.4 Å². The summed E-state index contributed by atoms with van der Waals surface area (Å²) in [5, 5.41) is 5.38. The van der Waals surface area contributed by atoms with E-state index < -0.39 is 15.9 Å². The molecule has 2 amide bonds. The number of carbonyl (C=O) groups excluding carboxylic acids is 1. The van der Waals surface area contributed by atoms with E-state index >= 15 is 0 Å². The van der Waals surface area contributed by atoms with E-state index in [9.17, 15) is 13.2 Å². The predicted molar refractivity (Wildman–Crippen MR) is 83.6 cm³/mol. The quantitative estimate of drug-likeness (QED) is 0.906. The highest BCUT2D eigenvalue weighted by Crippen LogP contribution is 2.17. The third-order valence-electron chi connectivity index (χ3n) is 3.08. The van der Waals surface area contributed by atoms with Gasteiger partial charge >= 0.3 is 6.03 Å². The van der Waals surface area contributed by atoms with E-state index in [1.165, 1.54) is 24.3 Å². The number of hydrogen-bond donors (Lipinski definition) is 2. The van der Waals surface area contributed by atoms with Crippen molar-refractivity contribution in [3.63, 3.8) is 0 Å². The van der Waals surface area contributed by atoms with Gasteiger partial charge in [-0.1, -0.05) is 0 Å². The zero-order chi connectivity index (χ0) is 16.3. The maximum Gasteiger partial charge on any atom is 0.319 e. The van der Waals surface area contributed by atoms with Crippen molar-refractivity contribution in [2.24, 2.45) is 0 Å². The molecule has 0 fully saturated rings. The molecule has 0 radical (unpaired) electrons. The van der Waals surface area contributed by atoms with Gasteiger partial charge in [-0.3, -0.25) is 0 Å². The molecule has 0 saturated heterocycles. The van der Waals surface area contributed by atoms with E-state index in [2.05, 4.69) is 10.6 Å². The standard InChI is InChI=1S/C15H18N2O4S/c1-10-4-9-14(21-10)11(2)16-15(18)17-12-5-7-13(8-6-12)22(3,19)20/h4-9,11H,1-3H3,(H2,16,17,18). The number of carbonyl (C=O) groups is 1. The van der Waals surface area contributed by atoms with Gasteiger partial charge < -0.3 is 15.1 Å². The summed E-state index contributed by atoms with van der Waals surface area (Å²) in [5.74, 6) is 1.44. The fourth-order valence-electron chi connectivity index (χ4n) is 1.91. The Bertz CT molecular complexity index is 763. The SMILES string of the molecule is Cc1ccc(C(C)NC(=O)Nc2ccc(S(C)(=O)=O)cc2)o1. The van der Waals surface area contributed by atoms with Gasteiger partial charge in [0.1, 0.15) is 11.5 Å². The van der Waals surface area contributed by atoms with Crippen LogP contribution >= 0.6 is 0 Å². The number of benzene rings is 1. The van der Waals surface area contributed by atoms with Crippen molar-refractivity contribution in [2.75, 3.05) is 11.6 Å². The molecule has 1 atom stereocenters. The van der Waals surface area contributed by atoms with Crippen molar-refractivity contribution in [1.82, 2.24) is 5.32 Å². The number of furan rings is 1. The molecule has 0 aliphatic carbocycles. The highest BCUT2D eigenvalue weighted by atomic mass is 32.2. The summed E-state index contributed by atoms with van der Waals surface area (Å²) in [4.78, 5) is 12.1. The van der Waals surface area contributed by atoms with Crippen molar-refractivity contribution >= 4 is 21.6 Å². The topological polar surface area (TPSA) is 88.4 Å². The molecule has 2 rings (SSSR count). The van der Waals surface area contributed by atoms with E-state index in [1.54, 1.807) is 6.07 Å². The van der Waals surface area contributed by atoms with Gasteiger partial charge in [0, 0.05) is 11.9 Å². The Morgan fingerprint density at radius 1 is 1.14 bits per heavy atom. The molecule has 1 aromatic heterocycles. The van der Waals surface area contributed by atoms with Crippen LogP contribution in [-0.4, -0.2) is 20.7 Å². The van der Waals surface area contributed by atoms with Gasteiger partial charge in [-0.25, -0.2) is 13.2 Å². The van der Waals surface area contributed by atoms with Crippen molar-refractivity contribution in [2.45, 2.75) is 24.8 Å². The zero-order valence-electron chi connectivity index (χ0n) is 12.6. The number of urea groups is 1. The van der Waals surface area contributed by atoms with Crippen LogP contribution in [0.15, 0.2) is 45.7 Å². The number of aryl methyl sites for hydroxylation is 1. The molecule has 6 nitrogen and oxygen atoms in total. The molecule has 0 bridgehead atoms. The van der Waals surface area contributed by atoms with E-state index in [-0.39, 0.29) is 10.9 Å². The maximum atomic E-state index is 11.9. The summed E-state index contributed by atoms with van der Waals surface area (Å²) in [6.45, 7) is 3.64. The second kappa shape index (κ2) is 6.23. The minimum absolute atomic E-state index is 0.206. The molecule has 0 saturated carbocycles. The van der Waals surface area contributed by atoms with Crippen molar-refractivity contribution in [3.05, 3.63) is 47.9 Å². The number of amides is 2. The third-order valence-corrected chi connectivity index (χ3v) is 4.20. The Morgan fingerprint density at radius 3 is 2.27 bits per heavy atom. The molecule has 7 heteroatoms. The first-order chi connectivity index (χ1) is 10.3. The van der Waals surface area contributed by atoms with Gasteiger partial charge in [0.2, 0.25) is 0 Å². The molecule has 1 unspecified atom stereocenters. The molecule has 1 heterocycles. The van der Waals surface area contributed by atoms with Crippen molar-refractivity contribution < 1.29 is 17.6 Å². The second-order valence-corrected chi connectivity index (χ2v) is 7.08. The highest BCUT2D eigenvalue weighted by molar-refractivity contribution is 7.90. The third kappa shape index (κ3) is 4.11. The monoisotopic (exact) mass is 322 g/mol. The summed E-state index contributed by atoms with van der Waals surface area (Å²) in [5.41, 5.74) is 0.507. The fourth-order valence-corrected chi connectivity index (χ4v) is 2.54. The first-order valence-corrected chi connectivity index (χ1v) is 8.59. The second-order valence-electron chi connectivity index (χ2n) is 5.07. The average Bonchev–Trinajstić information content (AvgIpc) is 2.85. The summed E-state index contributed by atoms with van der Waals surface area (Å²) in [7, 11) is -3.24. The lowest BCUT2D eigenvalue weighted by Gasteiger charge is -2.12. The van der Waals surface area contributed by atoms with Gasteiger partial charge in [-0.05, 0) is 50.2 Å². The summed E-state index contributed by atoms with van der Waals surface area (Å²) < 4.78 is 28.2. The first kappa shape index (κ1) is 16.1. The molecule has 2 aromatic rings. The van der Waals surface area contributed by atoms with Crippen LogP contribution in [0.3, 0.4) is 0 Å². The Hall–Kier alpha value is -2.28. The van der Waals surface area contributed by atoms with Crippen LogP contribution in [0.2, 0.25) is 0 Å². The maximum absolute atomic E-state index is 11.9. The number of hydrogen-bond acceptors (Lipinski definition) is 4. The molecule has 2 N–H and O–H groups in total. The minimum Gasteiger partial charge on any atom is -0.464 e. The van der Waals surface area contributed by atoms with E-state index in [4.69, 9.17) is 4.42 Å². The lowest BCUT2D eigenvalue weighted by atomic mass is 10.2. The molecule has 22 heavy (non-hydrogen) atoms. The largest absolute Gasteiger partial charge is 0.464 e. The number of sulfone groups is 1. The van der Waals surface area contributed by atoms with Crippen molar-refractivity contribution in [3.8, 4) is 0 Å². The van der Waals surface area contributed by atoms with E-state index in [0.717, 1.165) is 12.0 Å². The normalized spacial score (nSPS) is 12.7. The molecule has 118 valence electrons. The molecule has 0 aliphatic heterocycles. The van der Waals surface area contributed by atoms with Crippen LogP contribution in [0.4, 0.5) is 10.5 Å². The van der Waals surface area contributed by atoms with Gasteiger partial charge in [0.05, 0.1) is 10.9 Å². The van der Waals surface area contributed by atoms with Crippen LogP contribution in [0.1, 0.15) is 24.5 Å². The Labute approximate surface area is 129 Å². The number of nitrogens with one attached hydrogen (secondary N) is 2. The lowest BCUT2D eigenvalue weighted by Crippen LogP contribution is -2.30. The average molecular weight is 322 g/mol. The molecular weight excluding hydrogens is 304 g/mol. The molecule has 0 aliphatic rings. The highest BCUT2D eigenvalue weighted by Gasteiger charge is 2.13. The molecule has 1 aromatic carbocycles. The fraction of sp³-hybridized carbons (Fsp3) is 0.267. The van der Waals surface area contributed by atoms with Crippen LogP contribution in [0, 0.1) is 6.92 Å². The lowest BCUT2D eigenvalue weighted by molar-refractivity contribution is 0.247. The van der Waals surface area contributed by atoms with E-state index in [1.807, 2.05) is 19.9 Å². The van der Waals surface area contributed by atoms with Crippen LogP contribution < -0.4 is 10.6 Å². The Kier molecular flexibility index (Phi) is 4.56. The van der Waals surface area contributed by atoms with Gasteiger partial charge in [-0.15, -0.1) is 0 Å². The van der Waals surface area contributed by atoms with Crippen LogP contribution in [0.25, 0.3) is 0 Å². The summed E-state index contributed by atoms with van der Waals surface area (Å²) in [6.07, 6.45) is 1.13. The Balaban J connectivity index is 1.97. The summed E-state index contributed by atoms with van der Waals surface area (Å²) in [6, 6.07) is 8.94. The zero-order valence-corrected chi connectivity index (χ0v) is 13.4. The molecular formula is C15H18N2O4S. The molecule has 0 spiro atoms. The van der Waals surface area contributed by atoms with Gasteiger partial charge in [0.25, 0.3) is 0 Å². The minimum atomic E-state index is -3.24. The van der Waals surface area contributed by atoms with Crippen LogP contribution in [0.5, 0.6) is 0 Å². The smallest absolute Gasteiger partial charge is 0.319 e. The number of rotatable bonds is 4. The first-order valence-electron chi connectivity index (χ1n) is 6.69. The Morgan fingerprint density at radius 2 is 1.77 bits per heavy atom.